The Morgan fingerprint density at radius 1 is 1.33 bits per heavy atom. The molecule has 2 N–H and O–H groups in total. The van der Waals surface area contributed by atoms with Gasteiger partial charge in [0.1, 0.15) is 0 Å². The molecule has 3 rings (SSSR count). The number of hydrogen-bond donors (Lipinski definition) is 1. The zero-order chi connectivity index (χ0) is 12.4. The average molecular weight is 259 g/mol. The number of hydrogen-bond acceptors (Lipinski definition) is 6. The fraction of sp³-hybridized carbons (Fsp3) is 0.250. The van der Waals surface area contributed by atoms with E-state index in [4.69, 9.17) is 5.73 Å². The molecule has 92 valence electrons. The third kappa shape index (κ3) is 2.06. The van der Waals surface area contributed by atoms with Crippen molar-refractivity contribution in [2.24, 2.45) is 10.7 Å². The number of rotatable bonds is 3. The fourth-order valence-corrected chi connectivity index (χ4v) is 2.57. The molecule has 0 bridgehead atoms. The normalized spacial score (nSPS) is 19.0. The standard InChI is InChI=1S/C12H13N5S/c13-12-14-6-11(10-8-18-16-15-10)17(12)7-9-4-2-1-3-5-9/h1-5,8,11H,6-7H2,(H2,13,14). The minimum atomic E-state index is 0.115. The molecule has 0 radical (unpaired) electrons. The Labute approximate surface area is 109 Å². The zero-order valence-electron chi connectivity index (χ0n) is 9.73. The molecule has 1 unspecified atom stereocenters. The molecule has 2 heterocycles. The second-order valence-corrected chi connectivity index (χ2v) is 4.77. The lowest BCUT2D eigenvalue weighted by Crippen LogP contribution is -2.35. The summed E-state index contributed by atoms with van der Waals surface area (Å²) >= 11 is 1.36. The van der Waals surface area contributed by atoms with Crippen molar-refractivity contribution >= 4 is 17.5 Å². The number of nitrogens with two attached hydrogens (primary N) is 1. The van der Waals surface area contributed by atoms with Crippen LogP contribution >= 0.6 is 11.5 Å². The highest BCUT2D eigenvalue weighted by molar-refractivity contribution is 7.03. The molecule has 2 aromatic rings. The Morgan fingerprint density at radius 2 is 2.17 bits per heavy atom. The van der Waals surface area contributed by atoms with Gasteiger partial charge in [-0.05, 0) is 17.1 Å². The molecule has 0 saturated heterocycles. The van der Waals surface area contributed by atoms with Crippen LogP contribution in [0.4, 0.5) is 0 Å². The summed E-state index contributed by atoms with van der Waals surface area (Å²) in [5, 5.41) is 6.08. The van der Waals surface area contributed by atoms with Crippen molar-refractivity contribution in [2.45, 2.75) is 12.6 Å². The molecule has 0 spiro atoms. The molecule has 1 aliphatic heterocycles. The quantitative estimate of drug-likeness (QED) is 0.905. The van der Waals surface area contributed by atoms with E-state index in [0.29, 0.717) is 12.5 Å². The van der Waals surface area contributed by atoms with Crippen LogP contribution in [0.5, 0.6) is 0 Å². The summed E-state index contributed by atoms with van der Waals surface area (Å²) in [5.41, 5.74) is 8.11. The SMILES string of the molecule is NC1=NCC(c2csnn2)N1Cc1ccccc1. The van der Waals surface area contributed by atoms with E-state index in [9.17, 15) is 0 Å². The van der Waals surface area contributed by atoms with Gasteiger partial charge < -0.3 is 10.6 Å². The minimum Gasteiger partial charge on any atom is -0.370 e. The molecule has 6 heteroatoms. The van der Waals surface area contributed by atoms with Crippen LogP contribution in [0.15, 0.2) is 40.7 Å². The van der Waals surface area contributed by atoms with Gasteiger partial charge in [-0.2, -0.15) is 0 Å². The molecular weight excluding hydrogens is 246 g/mol. The monoisotopic (exact) mass is 259 g/mol. The second kappa shape index (κ2) is 4.73. The van der Waals surface area contributed by atoms with Gasteiger partial charge >= 0.3 is 0 Å². The number of aliphatic imine (C=N–C) groups is 1. The Balaban J connectivity index is 1.82. The van der Waals surface area contributed by atoms with E-state index in [1.807, 2.05) is 23.6 Å². The highest BCUT2D eigenvalue weighted by atomic mass is 32.1. The molecule has 1 aromatic heterocycles. The van der Waals surface area contributed by atoms with Crippen molar-refractivity contribution in [3.05, 3.63) is 47.0 Å². The lowest BCUT2D eigenvalue weighted by atomic mass is 10.1. The van der Waals surface area contributed by atoms with Crippen molar-refractivity contribution in [3.63, 3.8) is 0 Å². The number of benzene rings is 1. The fourth-order valence-electron chi connectivity index (χ4n) is 2.07. The lowest BCUT2D eigenvalue weighted by molar-refractivity contribution is 0.334. The van der Waals surface area contributed by atoms with E-state index < -0.39 is 0 Å². The number of guanidine groups is 1. The van der Waals surface area contributed by atoms with Crippen molar-refractivity contribution in [2.75, 3.05) is 6.54 Å². The number of nitrogens with zero attached hydrogens (tertiary/aromatic N) is 4. The highest BCUT2D eigenvalue weighted by Crippen LogP contribution is 2.26. The first kappa shape index (κ1) is 11.2. The van der Waals surface area contributed by atoms with Crippen LogP contribution in [0.1, 0.15) is 17.3 Å². The van der Waals surface area contributed by atoms with Gasteiger partial charge in [-0.25, -0.2) is 0 Å². The van der Waals surface area contributed by atoms with Gasteiger partial charge in [-0.1, -0.05) is 34.8 Å². The van der Waals surface area contributed by atoms with Gasteiger partial charge in [0.2, 0.25) is 0 Å². The largest absolute Gasteiger partial charge is 0.370 e. The van der Waals surface area contributed by atoms with Gasteiger partial charge in [-0.3, -0.25) is 4.99 Å². The third-order valence-electron chi connectivity index (χ3n) is 3.01. The first-order chi connectivity index (χ1) is 8.84. The van der Waals surface area contributed by atoms with Crippen molar-refractivity contribution < 1.29 is 0 Å². The molecule has 0 aliphatic carbocycles. The molecule has 18 heavy (non-hydrogen) atoms. The van der Waals surface area contributed by atoms with Crippen LogP contribution in [-0.4, -0.2) is 27.0 Å². The third-order valence-corrected chi connectivity index (χ3v) is 3.53. The average Bonchev–Trinajstić information content (AvgIpc) is 3.02. The Kier molecular flexibility index (Phi) is 2.93. The summed E-state index contributed by atoms with van der Waals surface area (Å²) in [4.78, 5) is 6.38. The van der Waals surface area contributed by atoms with Crippen molar-refractivity contribution in [1.29, 1.82) is 0 Å². The Morgan fingerprint density at radius 3 is 2.89 bits per heavy atom. The summed E-state index contributed by atoms with van der Waals surface area (Å²) in [6, 6.07) is 10.3. The Bertz CT molecular complexity index is 537. The predicted octanol–water partition coefficient (Wildman–Crippen LogP) is 1.41. The summed E-state index contributed by atoms with van der Waals surface area (Å²) in [7, 11) is 0. The van der Waals surface area contributed by atoms with Gasteiger partial charge in [0, 0.05) is 11.9 Å². The van der Waals surface area contributed by atoms with Gasteiger partial charge in [0.25, 0.3) is 0 Å². The molecule has 1 aromatic carbocycles. The van der Waals surface area contributed by atoms with E-state index in [1.165, 1.54) is 17.1 Å². The Hall–Kier alpha value is -1.95. The number of aromatic nitrogens is 2. The minimum absolute atomic E-state index is 0.115. The maximum absolute atomic E-state index is 5.95. The van der Waals surface area contributed by atoms with E-state index in [2.05, 4.69) is 31.6 Å². The molecular formula is C12H13N5S. The van der Waals surface area contributed by atoms with E-state index in [0.717, 1.165) is 12.2 Å². The smallest absolute Gasteiger partial charge is 0.192 e. The van der Waals surface area contributed by atoms with Crippen LogP contribution in [0.2, 0.25) is 0 Å². The summed E-state index contributed by atoms with van der Waals surface area (Å²) in [6.07, 6.45) is 0. The van der Waals surface area contributed by atoms with E-state index >= 15 is 0 Å². The van der Waals surface area contributed by atoms with Gasteiger partial charge in [0.05, 0.1) is 18.3 Å². The van der Waals surface area contributed by atoms with Crippen molar-refractivity contribution in [1.82, 2.24) is 14.5 Å². The van der Waals surface area contributed by atoms with Gasteiger partial charge in [-0.15, -0.1) is 5.10 Å². The van der Waals surface area contributed by atoms with E-state index in [-0.39, 0.29) is 6.04 Å². The maximum atomic E-state index is 5.95. The zero-order valence-corrected chi connectivity index (χ0v) is 10.5. The van der Waals surface area contributed by atoms with E-state index in [1.54, 1.807) is 0 Å². The van der Waals surface area contributed by atoms with Crippen molar-refractivity contribution in [3.8, 4) is 0 Å². The molecule has 0 saturated carbocycles. The first-order valence-corrected chi connectivity index (χ1v) is 6.55. The van der Waals surface area contributed by atoms with Gasteiger partial charge in [0.15, 0.2) is 5.96 Å². The molecule has 1 aliphatic rings. The molecule has 0 amide bonds. The lowest BCUT2D eigenvalue weighted by Gasteiger charge is -2.24. The summed E-state index contributed by atoms with van der Waals surface area (Å²) in [5.74, 6) is 0.580. The van der Waals surface area contributed by atoms with Crippen LogP contribution in [0.25, 0.3) is 0 Å². The first-order valence-electron chi connectivity index (χ1n) is 5.72. The van der Waals surface area contributed by atoms with Crippen LogP contribution < -0.4 is 5.73 Å². The highest BCUT2D eigenvalue weighted by Gasteiger charge is 2.29. The van der Waals surface area contributed by atoms with Crippen LogP contribution in [0.3, 0.4) is 0 Å². The van der Waals surface area contributed by atoms with Crippen LogP contribution in [-0.2, 0) is 6.54 Å². The summed E-state index contributed by atoms with van der Waals surface area (Å²) in [6.45, 7) is 1.41. The molecule has 0 fully saturated rings. The summed E-state index contributed by atoms with van der Waals surface area (Å²) < 4.78 is 3.91. The van der Waals surface area contributed by atoms with Crippen LogP contribution in [0, 0.1) is 0 Å². The topological polar surface area (TPSA) is 67.4 Å². The molecule has 1 atom stereocenters. The maximum Gasteiger partial charge on any atom is 0.192 e. The predicted molar refractivity (Wildman–Crippen MR) is 71.1 cm³/mol. The second-order valence-electron chi connectivity index (χ2n) is 4.16. The molecule has 5 nitrogen and oxygen atoms in total.